The average molecular weight is 439 g/mol. The van der Waals surface area contributed by atoms with Crippen LogP contribution in [-0.4, -0.2) is 29.7 Å². The Hall–Kier alpha value is -3.30. The van der Waals surface area contributed by atoms with Gasteiger partial charge >= 0.3 is 12.3 Å². The Morgan fingerprint density at radius 3 is 2.42 bits per heavy atom. The molecule has 10 heteroatoms. The van der Waals surface area contributed by atoms with Crippen LogP contribution in [0.25, 0.3) is 11.1 Å². The molecule has 2 amide bonds. The first-order chi connectivity index (χ1) is 14.5. The first-order valence-corrected chi connectivity index (χ1v) is 9.50. The summed E-state index contributed by atoms with van der Waals surface area (Å²) >= 11 is 0. The quantitative estimate of drug-likeness (QED) is 0.625. The molecule has 3 N–H and O–H groups in total. The predicted molar refractivity (Wildman–Crippen MR) is 108 cm³/mol. The number of carbonyl (C=O) groups is 2. The van der Waals surface area contributed by atoms with E-state index in [-0.39, 0.29) is 29.8 Å². The molecule has 1 heterocycles. The molecule has 1 atom stereocenters. The minimum absolute atomic E-state index is 0.113. The van der Waals surface area contributed by atoms with Crippen LogP contribution in [-0.2, 0) is 15.7 Å². The summed E-state index contributed by atoms with van der Waals surface area (Å²) in [4.78, 5) is 26.2. The normalized spacial score (nSPS) is 12.4. The van der Waals surface area contributed by atoms with E-state index in [2.05, 4.69) is 10.3 Å². The van der Waals surface area contributed by atoms with Gasteiger partial charge in [0.25, 0.3) is 0 Å². The van der Waals surface area contributed by atoms with Crippen molar-refractivity contribution in [3.63, 3.8) is 0 Å². The van der Waals surface area contributed by atoms with Crippen LogP contribution in [0.5, 0.6) is 5.75 Å². The number of halogens is 3. The molecule has 0 bridgehead atoms. The van der Waals surface area contributed by atoms with Gasteiger partial charge in [0.2, 0.25) is 5.91 Å². The number of hydrogen-bond acceptors (Lipinski definition) is 5. The van der Waals surface area contributed by atoms with E-state index in [1.54, 1.807) is 0 Å². The zero-order chi connectivity index (χ0) is 23.2. The number of nitrogens with two attached hydrogens (primary N) is 1. The minimum atomic E-state index is -4.68. The molecule has 0 spiro atoms. The maximum Gasteiger partial charge on any atom is 0.419 e. The summed E-state index contributed by atoms with van der Waals surface area (Å²) in [6.45, 7) is 4.77. The van der Waals surface area contributed by atoms with Gasteiger partial charge in [0, 0.05) is 13.1 Å². The lowest BCUT2D eigenvalue weighted by atomic mass is 10.0. The molecule has 0 aliphatic heterocycles. The van der Waals surface area contributed by atoms with Crippen LogP contribution in [0.2, 0.25) is 0 Å². The maximum atomic E-state index is 13.7. The van der Waals surface area contributed by atoms with Crippen molar-refractivity contribution in [3.8, 4) is 16.9 Å². The summed E-state index contributed by atoms with van der Waals surface area (Å²) in [5.74, 6) is -0.409. The number of pyridine rings is 1. The van der Waals surface area contributed by atoms with E-state index in [9.17, 15) is 22.8 Å². The summed E-state index contributed by atoms with van der Waals surface area (Å²) in [6, 6.07) is 6.61. The Labute approximate surface area is 177 Å². The Morgan fingerprint density at radius 2 is 1.84 bits per heavy atom. The van der Waals surface area contributed by atoms with E-state index in [0.717, 1.165) is 6.07 Å². The van der Waals surface area contributed by atoms with Gasteiger partial charge in [-0.25, -0.2) is 9.78 Å². The highest BCUT2D eigenvalue weighted by atomic mass is 19.4. The largest absolute Gasteiger partial charge is 0.489 e. The number of ether oxygens (including phenoxy) is 2. The number of aromatic nitrogens is 1. The van der Waals surface area contributed by atoms with Crippen molar-refractivity contribution in [1.82, 2.24) is 4.98 Å². The number of alkyl halides is 3. The first kappa shape index (κ1) is 24.0. The smallest absolute Gasteiger partial charge is 0.419 e. The molecule has 2 aromatic rings. The van der Waals surface area contributed by atoms with Crippen LogP contribution in [0.4, 0.5) is 23.8 Å². The molecule has 7 nitrogen and oxygen atoms in total. The summed E-state index contributed by atoms with van der Waals surface area (Å²) < 4.78 is 51.4. The van der Waals surface area contributed by atoms with Crippen molar-refractivity contribution in [3.05, 3.63) is 42.1 Å². The predicted octanol–water partition coefficient (Wildman–Crippen LogP) is 4.61. The average Bonchev–Trinajstić information content (AvgIpc) is 2.64. The zero-order valence-corrected chi connectivity index (χ0v) is 17.3. The summed E-state index contributed by atoms with van der Waals surface area (Å²) in [6.07, 6.45) is -4.72. The van der Waals surface area contributed by atoms with Gasteiger partial charge in [-0.3, -0.25) is 4.79 Å². The van der Waals surface area contributed by atoms with Crippen LogP contribution < -0.4 is 15.8 Å². The third-order valence-corrected chi connectivity index (χ3v) is 4.12. The van der Waals surface area contributed by atoms with E-state index in [4.69, 9.17) is 15.2 Å². The van der Waals surface area contributed by atoms with Gasteiger partial charge in [0.05, 0.1) is 5.56 Å². The molecule has 1 unspecified atom stereocenters. The molecule has 0 aliphatic carbocycles. The number of nitrogens with one attached hydrogen (secondary N) is 1. The fraction of sp³-hybridized carbons (Fsp3) is 0.381. The molecule has 0 aliphatic rings. The number of amides is 2. The lowest BCUT2D eigenvalue weighted by Gasteiger charge is -2.21. The van der Waals surface area contributed by atoms with Gasteiger partial charge in [-0.2, -0.15) is 13.2 Å². The number of carbonyl (C=O) groups excluding carboxylic acids is 2. The highest BCUT2D eigenvalue weighted by molar-refractivity contribution is 5.88. The Balaban J connectivity index is 2.32. The topological polar surface area (TPSA) is 104 Å². The molecule has 2 rings (SSSR count). The highest BCUT2D eigenvalue weighted by Gasteiger charge is 2.35. The fourth-order valence-corrected chi connectivity index (χ4v) is 2.94. The van der Waals surface area contributed by atoms with Crippen molar-refractivity contribution < 1.29 is 32.2 Å². The van der Waals surface area contributed by atoms with E-state index in [1.165, 1.54) is 37.4 Å². The molecule has 0 saturated heterocycles. The second kappa shape index (κ2) is 10.1. The molecule has 1 aromatic carbocycles. The van der Waals surface area contributed by atoms with Crippen molar-refractivity contribution in [2.45, 2.75) is 39.5 Å². The Bertz CT molecular complexity index is 932. The minimum Gasteiger partial charge on any atom is -0.489 e. The molecule has 31 heavy (non-hydrogen) atoms. The van der Waals surface area contributed by atoms with Gasteiger partial charge in [0.1, 0.15) is 24.3 Å². The van der Waals surface area contributed by atoms with Gasteiger partial charge in [-0.1, -0.05) is 19.9 Å². The molecule has 0 saturated carbocycles. The maximum absolute atomic E-state index is 13.7. The first-order valence-electron chi connectivity index (χ1n) is 9.50. The molecular weight excluding hydrogens is 415 g/mol. The summed E-state index contributed by atoms with van der Waals surface area (Å²) in [7, 11) is 0. The second-order valence-corrected chi connectivity index (χ2v) is 7.32. The van der Waals surface area contributed by atoms with Gasteiger partial charge in [-0.05, 0) is 47.7 Å². The van der Waals surface area contributed by atoms with Crippen LogP contribution in [0, 0.1) is 5.92 Å². The van der Waals surface area contributed by atoms with Crippen LogP contribution in [0.1, 0.15) is 32.8 Å². The van der Waals surface area contributed by atoms with Crippen LogP contribution in [0.3, 0.4) is 0 Å². The number of benzene rings is 1. The third-order valence-electron chi connectivity index (χ3n) is 4.12. The van der Waals surface area contributed by atoms with Gasteiger partial charge in [-0.15, -0.1) is 0 Å². The van der Waals surface area contributed by atoms with E-state index in [0.29, 0.717) is 12.0 Å². The number of primary amides is 1. The highest BCUT2D eigenvalue weighted by Crippen LogP contribution is 2.39. The lowest BCUT2D eigenvalue weighted by molar-refractivity contribution is -0.139. The zero-order valence-electron chi connectivity index (χ0n) is 17.3. The molecule has 0 fully saturated rings. The van der Waals surface area contributed by atoms with E-state index < -0.39 is 29.7 Å². The van der Waals surface area contributed by atoms with Gasteiger partial charge in [0.15, 0.2) is 0 Å². The van der Waals surface area contributed by atoms with Crippen LogP contribution in [0.15, 0.2) is 36.5 Å². The number of hydrogen-bond donors (Lipinski definition) is 2. The van der Waals surface area contributed by atoms with Crippen molar-refractivity contribution >= 4 is 17.8 Å². The molecule has 1 aromatic heterocycles. The monoisotopic (exact) mass is 439 g/mol. The fourth-order valence-electron chi connectivity index (χ4n) is 2.94. The Morgan fingerprint density at radius 1 is 1.16 bits per heavy atom. The van der Waals surface area contributed by atoms with Crippen molar-refractivity contribution in [2.24, 2.45) is 11.7 Å². The molecular formula is C21H24F3N3O4. The van der Waals surface area contributed by atoms with Gasteiger partial charge < -0.3 is 20.5 Å². The number of anilines is 1. The van der Waals surface area contributed by atoms with Crippen LogP contribution >= 0.6 is 0 Å². The molecule has 168 valence electrons. The van der Waals surface area contributed by atoms with E-state index in [1.807, 2.05) is 13.8 Å². The standard InChI is InChI=1S/C21H24F3N3O4/c1-12(2)8-16(31-20(25)29)11-30-18-5-4-14(9-17(18)21(22,23)24)15-6-7-26-19(10-15)27-13(3)28/h4-7,9-10,12,16H,8,11H2,1-3H3,(H2,25,29)(H,26,27,28). The SMILES string of the molecule is CC(=O)Nc1cc(-c2ccc(OCC(CC(C)C)OC(N)=O)c(C(F)(F)F)c2)ccn1. The number of rotatable bonds is 8. The second-order valence-electron chi connectivity index (χ2n) is 7.32. The van der Waals surface area contributed by atoms with Crippen molar-refractivity contribution in [2.75, 3.05) is 11.9 Å². The van der Waals surface area contributed by atoms with E-state index >= 15 is 0 Å². The molecule has 0 radical (unpaired) electrons. The Kier molecular flexibility index (Phi) is 7.84. The lowest BCUT2D eigenvalue weighted by Crippen LogP contribution is -2.29. The summed E-state index contributed by atoms with van der Waals surface area (Å²) in [5, 5.41) is 2.49. The van der Waals surface area contributed by atoms with Crippen molar-refractivity contribution in [1.29, 1.82) is 0 Å². The number of nitrogens with zero attached hydrogens (tertiary/aromatic N) is 1. The third kappa shape index (κ3) is 7.47. The summed E-state index contributed by atoms with van der Waals surface area (Å²) in [5.41, 5.74) is 4.75.